The molecule has 0 aliphatic carbocycles. The number of piperidine rings is 1. The Morgan fingerprint density at radius 2 is 1.88 bits per heavy atom. The highest BCUT2D eigenvalue weighted by Gasteiger charge is 2.25. The van der Waals surface area contributed by atoms with Gasteiger partial charge >= 0.3 is 5.97 Å². The van der Waals surface area contributed by atoms with Gasteiger partial charge in [-0.25, -0.2) is 4.79 Å². The minimum absolute atomic E-state index is 0.157. The van der Waals surface area contributed by atoms with Gasteiger partial charge in [-0.05, 0) is 79.4 Å². The molecule has 1 N–H and O–H groups in total. The van der Waals surface area contributed by atoms with Crippen molar-refractivity contribution in [1.29, 1.82) is 0 Å². The van der Waals surface area contributed by atoms with Gasteiger partial charge < -0.3 is 9.72 Å². The predicted octanol–water partition coefficient (Wildman–Crippen LogP) is 6.44. The Labute approximate surface area is 204 Å². The summed E-state index contributed by atoms with van der Waals surface area (Å²) in [7, 11) is 1.43. The number of esters is 1. The molecule has 0 spiro atoms. The van der Waals surface area contributed by atoms with Gasteiger partial charge in [-0.15, -0.1) is 0 Å². The Kier molecular flexibility index (Phi) is 6.66. The van der Waals surface area contributed by atoms with Crippen LogP contribution in [0.25, 0.3) is 22.0 Å². The fourth-order valence-corrected chi connectivity index (χ4v) is 5.16. The second-order valence-electron chi connectivity index (χ2n) is 8.86. The van der Waals surface area contributed by atoms with Crippen molar-refractivity contribution in [1.82, 2.24) is 14.9 Å². The lowest BCUT2D eigenvalue weighted by Crippen LogP contribution is -2.35. The molecular weight excluding hydrogens is 446 g/mol. The average Bonchev–Trinajstić information content (AvgIpc) is 3.31. The monoisotopic (exact) mass is 473 g/mol. The zero-order chi connectivity index (χ0) is 23.5. The Morgan fingerprint density at radius 3 is 2.65 bits per heavy atom. The zero-order valence-electron chi connectivity index (χ0n) is 19.3. The number of carbonyl (C=O) groups is 1. The third kappa shape index (κ3) is 4.59. The molecular formula is C28H28ClN3O2. The Morgan fingerprint density at radius 1 is 1.09 bits per heavy atom. The number of rotatable bonds is 6. The molecule has 3 heterocycles. The number of benzene rings is 2. The van der Waals surface area contributed by atoms with Gasteiger partial charge in [0.25, 0.3) is 0 Å². The lowest BCUT2D eigenvalue weighted by molar-refractivity contribution is 0.0603. The van der Waals surface area contributed by atoms with Gasteiger partial charge in [0.1, 0.15) is 0 Å². The van der Waals surface area contributed by atoms with E-state index in [-0.39, 0.29) is 12.0 Å². The fraction of sp³-hybridized carbons (Fsp3) is 0.286. The second kappa shape index (κ2) is 10.00. The van der Waals surface area contributed by atoms with Gasteiger partial charge in [0.05, 0.1) is 12.7 Å². The van der Waals surface area contributed by atoms with E-state index in [0.29, 0.717) is 5.56 Å². The predicted molar refractivity (Wildman–Crippen MR) is 136 cm³/mol. The first kappa shape index (κ1) is 22.6. The van der Waals surface area contributed by atoms with Crippen molar-refractivity contribution in [3.63, 3.8) is 0 Å². The molecule has 1 atom stereocenters. The van der Waals surface area contributed by atoms with E-state index < -0.39 is 0 Å². The van der Waals surface area contributed by atoms with Gasteiger partial charge in [-0.1, -0.05) is 36.2 Å². The molecule has 0 amide bonds. The molecule has 1 fully saturated rings. The van der Waals surface area contributed by atoms with Gasteiger partial charge in [0.15, 0.2) is 0 Å². The van der Waals surface area contributed by atoms with E-state index in [0.717, 1.165) is 52.1 Å². The van der Waals surface area contributed by atoms with Crippen LogP contribution in [0.4, 0.5) is 0 Å². The third-order valence-corrected chi connectivity index (χ3v) is 7.01. The minimum atomic E-state index is -0.313. The largest absolute Gasteiger partial charge is 0.465 e. The molecule has 1 aliphatic rings. The molecule has 0 radical (unpaired) electrons. The summed E-state index contributed by atoms with van der Waals surface area (Å²) in [5, 5.41) is 1.66. The van der Waals surface area contributed by atoms with E-state index in [1.165, 1.54) is 31.9 Å². The summed E-state index contributed by atoms with van der Waals surface area (Å²) >= 11 is 6.10. The number of pyridine rings is 1. The van der Waals surface area contributed by atoms with Gasteiger partial charge in [0, 0.05) is 46.1 Å². The van der Waals surface area contributed by atoms with E-state index in [9.17, 15) is 4.79 Å². The first-order valence-electron chi connectivity index (χ1n) is 11.8. The number of aromatic nitrogens is 2. The molecule has 5 rings (SSSR count). The van der Waals surface area contributed by atoms with Gasteiger partial charge in [0.2, 0.25) is 0 Å². The standard InChI is InChI=1S/C28H28ClN3O2/c1-34-28(33)24-6-5-7-25-27(24)22(18-31-25)15-26(32-12-3-2-4-13-32)21-14-20(16-30-17-21)19-8-10-23(29)11-9-19/h5-11,14,16-18,26,31H,2-4,12-13,15H2,1H3. The van der Waals surface area contributed by atoms with Gasteiger partial charge in [-0.3, -0.25) is 9.88 Å². The second-order valence-corrected chi connectivity index (χ2v) is 9.30. The summed E-state index contributed by atoms with van der Waals surface area (Å²) in [5.41, 5.74) is 6.01. The van der Waals surface area contributed by atoms with Crippen LogP contribution in [-0.2, 0) is 11.2 Å². The minimum Gasteiger partial charge on any atom is -0.465 e. The van der Waals surface area contributed by atoms with Crippen LogP contribution in [0, 0.1) is 0 Å². The Hall–Kier alpha value is -3.15. The van der Waals surface area contributed by atoms with Crippen molar-refractivity contribution in [3.05, 3.63) is 88.8 Å². The number of carbonyl (C=O) groups excluding carboxylic acids is 1. The molecule has 0 bridgehead atoms. The van der Waals surface area contributed by atoms with Crippen LogP contribution in [-0.4, -0.2) is 41.0 Å². The number of halogens is 1. The molecule has 4 aromatic rings. The SMILES string of the molecule is COC(=O)c1cccc2[nH]cc(CC(c3cncc(-c4ccc(Cl)cc4)c3)N3CCCCC3)c12. The summed E-state index contributed by atoms with van der Waals surface area (Å²) in [6.45, 7) is 2.12. The normalized spacial score (nSPS) is 15.4. The highest BCUT2D eigenvalue weighted by molar-refractivity contribution is 6.30. The number of nitrogens with zero attached hydrogens (tertiary/aromatic N) is 2. The summed E-state index contributed by atoms with van der Waals surface area (Å²) < 4.78 is 5.07. The topological polar surface area (TPSA) is 58.2 Å². The molecule has 1 unspecified atom stereocenters. The smallest absolute Gasteiger partial charge is 0.338 e. The fourth-order valence-electron chi connectivity index (χ4n) is 5.03. The Balaban J connectivity index is 1.55. The molecule has 0 saturated carbocycles. The number of H-pyrrole nitrogens is 1. The number of methoxy groups -OCH3 is 1. The van der Waals surface area contributed by atoms with Crippen LogP contribution in [0.5, 0.6) is 0 Å². The Bertz CT molecular complexity index is 1290. The maximum atomic E-state index is 12.5. The van der Waals surface area contributed by atoms with E-state index in [1.807, 2.05) is 61.1 Å². The highest BCUT2D eigenvalue weighted by atomic mass is 35.5. The first-order valence-corrected chi connectivity index (χ1v) is 12.1. The average molecular weight is 474 g/mol. The van der Waals surface area contributed by atoms with Crippen LogP contribution < -0.4 is 0 Å². The van der Waals surface area contributed by atoms with Gasteiger partial charge in [-0.2, -0.15) is 0 Å². The molecule has 2 aromatic carbocycles. The summed E-state index contributed by atoms with van der Waals surface area (Å²) in [4.78, 5) is 23.0. The number of aromatic amines is 1. The number of hydrogen-bond acceptors (Lipinski definition) is 4. The maximum absolute atomic E-state index is 12.5. The quantitative estimate of drug-likeness (QED) is 0.327. The zero-order valence-corrected chi connectivity index (χ0v) is 20.0. The lowest BCUT2D eigenvalue weighted by Gasteiger charge is -2.35. The highest BCUT2D eigenvalue weighted by Crippen LogP contribution is 2.34. The maximum Gasteiger partial charge on any atom is 0.338 e. The summed E-state index contributed by atoms with van der Waals surface area (Å²) in [6.07, 6.45) is 10.4. The molecule has 1 aliphatic heterocycles. The first-order chi connectivity index (χ1) is 16.6. The van der Waals surface area contributed by atoms with Crippen LogP contribution in [0.1, 0.15) is 46.8 Å². The van der Waals surface area contributed by atoms with Crippen molar-refractivity contribution in [2.45, 2.75) is 31.7 Å². The third-order valence-electron chi connectivity index (χ3n) is 6.76. The van der Waals surface area contributed by atoms with E-state index >= 15 is 0 Å². The molecule has 6 heteroatoms. The van der Waals surface area contributed by atoms with Crippen molar-refractivity contribution in [3.8, 4) is 11.1 Å². The van der Waals surface area contributed by atoms with E-state index in [1.54, 1.807) is 0 Å². The number of hydrogen-bond donors (Lipinski definition) is 1. The summed E-state index contributed by atoms with van der Waals surface area (Å²) in [5.74, 6) is -0.313. The number of nitrogens with one attached hydrogen (secondary N) is 1. The number of fused-ring (bicyclic) bond motifs is 1. The van der Waals surface area contributed by atoms with Crippen molar-refractivity contribution >= 4 is 28.5 Å². The molecule has 34 heavy (non-hydrogen) atoms. The van der Waals surface area contributed by atoms with Crippen LogP contribution in [0.2, 0.25) is 5.02 Å². The van der Waals surface area contributed by atoms with Crippen molar-refractivity contribution in [2.75, 3.05) is 20.2 Å². The number of likely N-dealkylation sites (tertiary alicyclic amines) is 1. The summed E-state index contributed by atoms with van der Waals surface area (Å²) in [6, 6.07) is 16.0. The van der Waals surface area contributed by atoms with E-state index in [4.69, 9.17) is 16.3 Å². The number of ether oxygens (including phenoxy) is 1. The van der Waals surface area contributed by atoms with Crippen LogP contribution in [0.3, 0.4) is 0 Å². The molecule has 2 aromatic heterocycles. The van der Waals surface area contributed by atoms with E-state index in [2.05, 4.69) is 20.9 Å². The molecule has 174 valence electrons. The van der Waals surface area contributed by atoms with Crippen molar-refractivity contribution < 1.29 is 9.53 Å². The van der Waals surface area contributed by atoms with Crippen LogP contribution in [0.15, 0.2) is 67.1 Å². The molecule has 1 saturated heterocycles. The van der Waals surface area contributed by atoms with Crippen LogP contribution >= 0.6 is 11.6 Å². The van der Waals surface area contributed by atoms with Crippen molar-refractivity contribution in [2.24, 2.45) is 0 Å². The molecule has 5 nitrogen and oxygen atoms in total. The lowest BCUT2D eigenvalue weighted by atomic mass is 9.93.